The van der Waals surface area contributed by atoms with Crippen LogP contribution in [0.15, 0.2) is 30.9 Å². The quantitative estimate of drug-likeness (QED) is 0.663. The van der Waals surface area contributed by atoms with E-state index in [4.69, 9.17) is 0 Å². The first-order valence-electron chi connectivity index (χ1n) is 4.68. The van der Waals surface area contributed by atoms with Crippen LogP contribution in [-0.2, 0) is 0 Å². The first-order chi connectivity index (χ1) is 7.93. The van der Waals surface area contributed by atoms with Gasteiger partial charge in [0, 0.05) is 18.6 Å². The van der Waals surface area contributed by atoms with Crippen molar-refractivity contribution in [3.05, 3.63) is 37.1 Å². The zero-order valence-electron chi connectivity index (χ0n) is 8.18. The fraction of sp³-hybridized carbons (Fsp3) is 0. The summed E-state index contributed by atoms with van der Waals surface area (Å²) in [5, 5.41) is 6.77. The van der Waals surface area contributed by atoms with Gasteiger partial charge in [0.25, 0.3) is 0 Å². The van der Waals surface area contributed by atoms with E-state index in [1.807, 2.05) is 6.07 Å². The van der Waals surface area contributed by atoms with Gasteiger partial charge < -0.3 is 4.98 Å². The van der Waals surface area contributed by atoms with Crippen molar-refractivity contribution in [2.24, 2.45) is 0 Å². The lowest BCUT2D eigenvalue weighted by Crippen LogP contribution is -1.92. The van der Waals surface area contributed by atoms with Crippen LogP contribution >= 0.6 is 0 Å². The molecule has 0 atom stereocenters. The molecule has 0 aliphatic carbocycles. The zero-order chi connectivity index (χ0) is 10.8. The van der Waals surface area contributed by atoms with E-state index in [1.165, 1.54) is 0 Å². The standard InChI is InChI=1S/C10H7N6/c1-2-14-16-7(1)8-5-11-6-9(15-8)10-12-3-4-13-10/h1-5H,(H,12,13)(H,14,16). The van der Waals surface area contributed by atoms with Crippen LogP contribution in [0.1, 0.15) is 0 Å². The van der Waals surface area contributed by atoms with Gasteiger partial charge in [0.05, 0.1) is 6.20 Å². The number of rotatable bonds is 2. The molecule has 3 rings (SSSR count). The van der Waals surface area contributed by atoms with Crippen LogP contribution in [0.4, 0.5) is 0 Å². The summed E-state index contributed by atoms with van der Waals surface area (Å²) in [5.41, 5.74) is 2.01. The number of aromatic nitrogens is 6. The molecule has 0 aliphatic heterocycles. The van der Waals surface area contributed by atoms with Gasteiger partial charge in [0.2, 0.25) is 0 Å². The fourth-order valence-corrected chi connectivity index (χ4v) is 1.36. The highest BCUT2D eigenvalue weighted by Crippen LogP contribution is 2.16. The number of nitrogens with zero attached hydrogens (tertiary/aromatic N) is 4. The van der Waals surface area contributed by atoms with Crippen molar-refractivity contribution >= 4 is 0 Å². The van der Waals surface area contributed by atoms with Gasteiger partial charge in [-0.3, -0.25) is 5.10 Å². The minimum absolute atomic E-state index is 0.575. The lowest BCUT2D eigenvalue weighted by Gasteiger charge is -1.97. The Morgan fingerprint density at radius 1 is 1.19 bits per heavy atom. The largest absolute Gasteiger partial charge is 0.343 e. The molecule has 1 radical (unpaired) electrons. The first kappa shape index (κ1) is 8.78. The summed E-state index contributed by atoms with van der Waals surface area (Å²) in [6, 6.07) is 1.83. The van der Waals surface area contributed by atoms with Gasteiger partial charge in [-0.15, -0.1) is 0 Å². The molecule has 0 amide bonds. The fourth-order valence-electron chi connectivity index (χ4n) is 1.36. The Balaban J connectivity index is 2.07. The summed E-state index contributed by atoms with van der Waals surface area (Å²) in [7, 11) is 0. The Labute approximate surface area is 90.8 Å². The van der Waals surface area contributed by atoms with Gasteiger partial charge in [-0.05, 0) is 6.07 Å². The maximum Gasteiger partial charge on any atom is 0.158 e. The van der Waals surface area contributed by atoms with Gasteiger partial charge in [-0.2, -0.15) is 5.10 Å². The smallest absolute Gasteiger partial charge is 0.158 e. The van der Waals surface area contributed by atoms with E-state index in [-0.39, 0.29) is 0 Å². The summed E-state index contributed by atoms with van der Waals surface area (Å²) < 4.78 is 0. The van der Waals surface area contributed by atoms with E-state index in [0.717, 1.165) is 5.69 Å². The van der Waals surface area contributed by atoms with E-state index < -0.39 is 0 Å². The summed E-state index contributed by atoms with van der Waals surface area (Å²) in [4.78, 5) is 15.4. The third-order valence-corrected chi connectivity index (χ3v) is 2.08. The van der Waals surface area contributed by atoms with Crippen LogP contribution in [0, 0.1) is 6.20 Å². The molecule has 0 aromatic carbocycles. The molecule has 16 heavy (non-hydrogen) atoms. The van der Waals surface area contributed by atoms with Crippen molar-refractivity contribution in [1.82, 2.24) is 30.1 Å². The van der Waals surface area contributed by atoms with E-state index in [2.05, 4.69) is 36.3 Å². The van der Waals surface area contributed by atoms with Crippen LogP contribution < -0.4 is 0 Å². The molecule has 6 nitrogen and oxygen atoms in total. The molecule has 3 aromatic rings. The van der Waals surface area contributed by atoms with Crippen LogP contribution in [0.25, 0.3) is 22.9 Å². The maximum absolute atomic E-state index is 4.36. The highest BCUT2D eigenvalue weighted by atomic mass is 15.1. The van der Waals surface area contributed by atoms with Crippen LogP contribution in [0.2, 0.25) is 0 Å². The Morgan fingerprint density at radius 3 is 2.94 bits per heavy atom. The van der Waals surface area contributed by atoms with Gasteiger partial charge in [-0.25, -0.2) is 15.0 Å². The van der Waals surface area contributed by atoms with Gasteiger partial charge in [0.1, 0.15) is 23.3 Å². The molecule has 3 aromatic heterocycles. The molecule has 0 unspecified atom stereocenters. The second-order valence-electron chi connectivity index (χ2n) is 3.11. The Morgan fingerprint density at radius 2 is 2.19 bits per heavy atom. The molecule has 0 fully saturated rings. The molecule has 0 saturated carbocycles. The molecule has 2 N–H and O–H groups in total. The molecule has 0 spiro atoms. The second kappa shape index (κ2) is 3.58. The number of hydrogen-bond acceptors (Lipinski definition) is 4. The van der Waals surface area contributed by atoms with Crippen molar-refractivity contribution in [2.45, 2.75) is 0 Å². The third-order valence-electron chi connectivity index (χ3n) is 2.08. The predicted octanol–water partition coefficient (Wildman–Crippen LogP) is 1.06. The number of aromatic amines is 2. The van der Waals surface area contributed by atoms with E-state index in [0.29, 0.717) is 17.2 Å². The van der Waals surface area contributed by atoms with Crippen molar-refractivity contribution in [2.75, 3.05) is 0 Å². The molecule has 0 saturated heterocycles. The lowest BCUT2D eigenvalue weighted by atomic mass is 10.3. The highest BCUT2D eigenvalue weighted by Gasteiger charge is 2.07. The zero-order valence-corrected chi connectivity index (χ0v) is 8.18. The Kier molecular flexibility index (Phi) is 1.96. The molecule has 6 heteroatoms. The number of hydrogen-bond donors (Lipinski definition) is 2. The normalized spacial score (nSPS) is 10.5. The molecule has 0 bridgehead atoms. The summed E-state index contributed by atoms with van der Waals surface area (Å²) in [5.74, 6) is 0.643. The molecular weight excluding hydrogens is 204 g/mol. The minimum atomic E-state index is 0.575. The maximum atomic E-state index is 4.36. The van der Waals surface area contributed by atoms with E-state index in [1.54, 1.807) is 24.8 Å². The monoisotopic (exact) mass is 211 g/mol. The average Bonchev–Trinajstić information content (AvgIpc) is 3.03. The molecular formula is C10H7N6. The van der Waals surface area contributed by atoms with Crippen LogP contribution in [-0.4, -0.2) is 30.1 Å². The second-order valence-corrected chi connectivity index (χ2v) is 3.11. The Bertz CT molecular complexity index is 520. The average molecular weight is 211 g/mol. The summed E-state index contributed by atoms with van der Waals surface area (Å²) in [6.45, 7) is 0. The SMILES string of the molecule is [c]1ncc(-c2cc[nH]n2)nc1-c1ncc[nH]1. The summed E-state index contributed by atoms with van der Waals surface area (Å²) in [6.07, 6.45) is 9.52. The number of H-pyrrole nitrogens is 2. The third kappa shape index (κ3) is 1.46. The van der Waals surface area contributed by atoms with Crippen LogP contribution in [0.3, 0.4) is 0 Å². The van der Waals surface area contributed by atoms with Crippen molar-refractivity contribution in [3.8, 4) is 22.9 Å². The topological polar surface area (TPSA) is 83.1 Å². The van der Waals surface area contributed by atoms with Crippen molar-refractivity contribution in [3.63, 3.8) is 0 Å². The molecule has 3 heterocycles. The van der Waals surface area contributed by atoms with Gasteiger partial charge in [0.15, 0.2) is 5.82 Å². The molecule has 0 aliphatic rings. The van der Waals surface area contributed by atoms with Crippen molar-refractivity contribution in [1.29, 1.82) is 0 Å². The predicted molar refractivity (Wildman–Crippen MR) is 56.0 cm³/mol. The number of imidazole rings is 1. The Hall–Kier alpha value is -2.50. The van der Waals surface area contributed by atoms with Gasteiger partial charge in [-0.1, -0.05) is 0 Å². The van der Waals surface area contributed by atoms with Gasteiger partial charge >= 0.3 is 0 Å². The van der Waals surface area contributed by atoms with E-state index in [9.17, 15) is 0 Å². The first-order valence-corrected chi connectivity index (χ1v) is 4.68. The lowest BCUT2D eigenvalue weighted by molar-refractivity contribution is 1.07. The minimum Gasteiger partial charge on any atom is -0.343 e. The number of nitrogens with one attached hydrogen (secondary N) is 2. The highest BCUT2D eigenvalue weighted by molar-refractivity contribution is 5.56. The molecule has 77 valence electrons. The van der Waals surface area contributed by atoms with E-state index >= 15 is 0 Å². The summed E-state index contributed by atoms with van der Waals surface area (Å²) >= 11 is 0. The van der Waals surface area contributed by atoms with Crippen molar-refractivity contribution < 1.29 is 0 Å². The van der Waals surface area contributed by atoms with Crippen LogP contribution in [0.5, 0.6) is 0 Å².